The fourth-order valence-electron chi connectivity index (χ4n) is 5.20. The molecule has 1 fully saturated rings. The number of carbonyl (C=O) groups excluding carboxylic acids is 1. The Balaban J connectivity index is 0.00000380. The second-order valence-electron chi connectivity index (χ2n) is 10.3. The number of carbonyl (C=O) groups is 1. The minimum atomic E-state index is -1.07. The SMILES string of the molecule is CC(C)(C(=O)[O-])c1ccc(/C=C\CCN2CCC(C(O)(c3ccccc3)c3ccccc3)CC2)cc1.[Na+]. The normalized spacial score (nSPS) is 15.4. The van der Waals surface area contributed by atoms with E-state index < -0.39 is 17.0 Å². The van der Waals surface area contributed by atoms with Crippen molar-refractivity contribution in [3.63, 3.8) is 0 Å². The Morgan fingerprint density at radius 2 is 1.41 bits per heavy atom. The molecule has 0 amide bonds. The molecule has 0 spiro atoms. The Morgan fingerprint density at radius 3 is 1.89 bits per heavy atom. The van der Waals surface area contributed by atoms with Crippen molar-refractivity contribution in [2.24, 2.45) is 5.92 Å². The molecular weight excluding hydrogens is 469 g/mol. The monoisotopic (exact) mass is 505 g/mol. The fourth-order valence-corrected chi connectivity index (χ4v) is 5.20. The molecule has 4 rings (SSSR count). The van der Waals surface area contributed by atoms with E-state index in [9.17, 15) is 15.0 Å². The maximum atomic E-state index is 12.0. The van der Waals surface area contributed by atoms with Crippen LogP contribution in [0.4, 0.5) is 0 Å². The van der Waals surface area contributed by atoms with E-state index in [4.69, 9.17) is 0 Å². The molecule has 0 saturated carbocycles. The third kappa shape index (κ3) is 6.81. The summed E-state index contributed by atoms with van der Waals surface area (Å²) in [6, 6.07) is 27.8. The summed E-state index contributed by atoms with van der Waals surface area (Å²) in [5.41, 5.74) is 1.75. The Bertz CT molecular complexity index is 1110. The predicted molar refractivity (Wildman–Crippen MR) is 143 cm³/mol. The van der Waals surface area contributed by atoms with Crippen molar-refractivity contribution in [2.45, 2.75) is 44.1 Å². The van der Waals surface area contributed by atoms with E-state index in [0.717, 1.165) is 61.2 Å². The number of hydrogen-bond donors (Lipinski definition) is 1. The quantitative estimate of drug-likeness (QED) is 0.451. The van der Waals surface area contributed by atoms with Crippen molar-refractivity contribution in [3.05, 3.63) is 113 Å². The standard InChI is InChI=1S/C32H37NO3.Na/c1-31(2,30(34)35)26-18-16-25(17-19-26)11-9-10-22-33-23-20-29(21-24-33)32(36,27-12-5-3-6-13-27)28-14-7-4-8-15-28;/h3-9,11-19,29,36H,10,20-24H2,1-2H3,(H,34,35);/q;+1/p-1/b11-9-;. The minimum Gasteiger partial charge on any atom is -0.549 e. The molecule has 1 saturated heterocycles. The van der Waals surface area contributed by atoms with Gasteiger partial charge in [-0.2, -0.15) is 0 Å². The summed E-state index contributed by atoms with van der Waals surface area (Å²) >= 11 is 0. The smallest absolute Gasteiger partial charge is 0.549 e. The molecule has 3 aromatic carbocycles. The fraction of sp³-hybridized carbons (Fsp3) is 0.344. The first-order valence-electron chi connectivity index (χ1n) is 12.9. The molecule has 0 radical (unpaired) electrons. The van der Waals surface area contributed by atoms with Crippen LogP contribution in [-0.4, -0.2) is 35.6 Å². The molecule has 0 aromatic heterocycles. The van der Waals surface area contributed by atoms with Crippen molar-refractivity contribution >= 4 is 12.0 Å². The second kappa shape index (κ2) is 13.0. The first-order valence-corrected chi connectivity index (χ1v) is 12.9. The first kappa shape index (κ1) is 29.3. The van der Waals surface area contributed by atoms with Crippen LogP contribution in [0.2, 0.25) is 0 Å². The van der Waals surface area contributed by atoms with Crippen LogP contribution in [0.5, 0.6) is 0 Å². The van der Waals surface area contributed by atoms with Crippen LogP contribution in [0.15, 0.2) is 91.0 Å². The number of nitrogens with zero attached hydrogens (tertiary/aromatic N) is 1. The molecule has 1 N–H and O–H groups in total. The molecule has 37 heavy (non-hydrogen) atoms. The van der Waals surface area contributed by atoms with Gasteiger partial charge in [0.15, 0.2) is 0 Å². The van der Waals surface area contributed by atoms with Crippen molar-refractivity contribution in [1.29, 1.82) is 0 Å². The molecule has 3 aromatic rings. The van der Waals surface area contributed by atoms with Crippen LogP contribution in [0.1, 0.15) is 55.4 Å². The first-order chi connectivity index (χ1) is 17.3. The van der Waals surface area contributed by atoms with Crippen LogP contribution in [0.3, 0.4) is 0 Å². The van der Waals surface area contributed by atoms with E-state index in [1.165, 1.54) is 0 Å². The number of benzene rings is 3. The van der Waals surface area contributed by atoms with E-state index in [1.54, 1.807) is 13.8 Å². The Kier molecular flexibility index (Phi) is 10.3. The van der Waals surface area contributed by atoms with E-state index in [2.05, 4.69) is 17.1 Å². The maximum absolute atomic E-state index is 12.0. The van der Waals surface area contributed by atoms with Crippen LogP contribution in [-0.2, 0) is 15.8 Å². The number of aliphatic carboxylic acids is 1. The zero-order chi connectivity index (χ0) is 25.6. The van der Waals surface area contributed by atoms with Gasteiger partial charge in [-0.05, 0) is 60.5 Å². The van der Waals surface area contributed by atoms with Crippen LogP contribution < -0.4 is 34.7 Å². The molecule has 0 unspecified atom stereocenters. The molecule has 0 bridgehead atoms. The largest absolute Gasteiger partial charge is 1.00 e. The molecular formula is C32H36NNaO3. The molecule has 188 valence electrons. The Hall–Kier alpha value is -2.21. The van der Waals surface area contributed by atoms with E-state index >= 15 is 0 Å². The van der Waals surface area contributed by atoms with Crippen molar-refractivity contribution in [1.82, 2.24) is 4.90 Å². The predicted octanol–water partition coefficient (Wildman–Crippen LogP) is 1.77. The number of piperidine rings is 1. The number of hydrogen-bond acceptors (Lipinski definition) is 4. The minimum absolute atomic E-state index is 0. The zero-order valence-electron chi connectivity index (χ0n) is 22.3. The molecule has 4 nitrogen and oxygen atoms in total. The van der Waals surface area contributed by atoms with Crippen LogP contribution in [0, 0.1) is 5.92 Å². The average molecular weight is 506 g/mol. The molecule has 1 aliphatic rings. The van der Waals surface area contributed by atoms with Gasteiger partial charge in [0, 0.05) is 12.0 Å². The number of carboxylic acids is 1. The summed E-state index contributed by atoms with van der Waals surface area (Å²) in [7, 11) is 0. The summed E-state index contributed by atoms with van der Waals surface area (Å²) in [6.45, 7) is 6.24. The van der Waals surface area contributed by atoms with Crippen molar-refractivity contribution in [3.8, 4) is 0 Å². The van der Waals surface area contributed by atoms with Crippen LogP contribution in [0.25, 0.3) is 6.08 Å². The molecule has 0 atom stereocenters. The van der Waals surface area contributed by atoms with Gasteiger partial charge in [0.25, 0.3) is 0 Å². The van der Waals surface area contributed by atoms with Crippen molar-refractivity contribution in [2.75, 3.05) is 19.6 Å². The van der Waals surface area contributed by atoms with E-state index in [-0.39, 0.29) is 35.5 Å². The summed E-state index contributed by atoms with van der Waals surface area (Å²) in [5.74, 6) is -0.904. The summed E-state index contributed by atoms with van der Waals surface area (Å²) in [4.78, 5) is 13.8. The van der Waals surface area contributed by atoms with Gasteiger partial charge in [-0.25, -0.2) is 0 Å². The number of likely N-dealkylation sites (tertiary alicyclic amines) is 1. The average Bonchev–Trinajstić information content (AvgIpc) is 2.92. The van der Waals surface area contributed by atoms with Gasteiger partial charge >= 0.3 is 29.6 Å². The third-order valence-electron chi connectivity index (χ3n) is 7.67. The molecule has 5 heteroatoms. The van der Waals surface area contributed by atoms with Gasteiger partial charge in [-0.3, -0.25) is 0 Å². The van der Waals surface area contributed by atoms with Crippen LogP contribution >= 0.6 is 0 Å². The topological polar surface area (TPSA) is 63.6 Å². The van der Waals surface area contributed by atoms with Gasteiger partial charge in [0.05, 0.1) is 5.97 Å². The third-order valence-corrected chi connectivity index (χ3v) is 7.67. The van der Waals surface area contributed by atoms with Gasteiger partial charge < -0.3 is 19.9 Å². The summed E-state index contributed by atoms with van der Waals surface area (Å²) in [5, 5.41) is 23.4. The van der Waals surface area contributed by atoms with Gasteiger partial charge in [-0.1, -0.05) is 111 Å². The number of carboxylic acid groups (broad SMARTS) is 1. The Labute approximate surface area is 243 Å². The van der Waals surface area contributed by atoms with Gasteiger partial charge in [0.1, 0.15) is 5.60 Å². The van der Waals surface area contributed by atoms with Crippen molar-refractivity contribution < 1.29 is 44.6 Å². The zero-order valence-corrected chi connectivity index (χ0v) is 24.3. The molecule has 1 heterocycles. The number of rotatable bonds is 9. The summed E-state index contributed by atoms with van der Waals surface area (Å²) in [6.07, 6.45) is 7.10. The van der Waals surface area contributed by atoms with Gasteiger partial charge in [0.2, 0.25) is 0 Å². The number of aliphatic hydroxyl groups is 1. The Morgan fingerprint density at radius 1 is 0.892 bits per heavy atom. The van der Waals surface area contributed by atoms with E-state index in [0.29, 0.717) is 0 Å². The van der Waals surface area contributed by atoms with Gasteiger partial charge in [-0.15, -0.1) is 0 Å². The second-order valence-corrected chi connectivity index (χ2v) is 10.3. The molecule has 0 aliphatic carbocycles. The molecule has 1 aliphatic heterocycles. The van der Waals surface area contributed by atoms with E-state index in [1.807, 2.05) is 84.9 Å². The summed E-state index contributed by atoms with van der Waals surface area (Å²) < 4.78 is 0. The maximum Gasteiger partial charge on any atom is 1.00 e.